The molecule has 5 aromatic rings. The summed E-state index contributed by atoms with van der Waals surface area (Å²) in [6, 6.07) is 28.5. The van der Waals surface area contributed by atoms with Crippen LogP contribution in [-0.4, -0.2) is 23.3 Å². The van der Waals surface area contributed by atoms with E-state index in [2.05, 4.69) is 41.5 Å². The summed E-state index contributed by atoms with van der Waals surface area (Å²) < 4.78 is 20.0. The van der Waals surface area contributed by atoms with E-state index in [9.17, 15) is 0 Å². The Kier molecular flexibility index (Phi) is 6.66. The topological polar surface area (TPSA) is 45.5 Å². The van der Waals surface area contributed by atoms with E-state index in [-0.39, 0.29) is 0 Å². The third-order valence-electron chi connectivity index (χ3n) is 6.00. The molecule has 0 spiro atoms. The standard InChI is InChI=1S/C30H28N2O3/c1-3-8-22-13-16-28(29(19-22)33-2)34-18-17-32-27-12-7-6-11-26(27)31-30(32)21-35-25-15-14-23-9-4-5-10-24(23)20-25/h3-7,9-16,19-20H,1,8,17-18,21H2,2H3. The molecule has 4 aromatic carbocycles. The van der Waals surface area contributed by atoms with Crippen molar-refractivity contribution in [2.75, 3.05) is 13.7 Å². The maximum atomic E-state index is 6.16. The van der Waals surface area contributed by atoms with Crippen molar-refractivity contribution in [3.05, 3.63) is 109 Å². The maximum absolute atomic E-state index is 6.16. The first-order chi connectivity index (χ1) is 17.2. The van der Waals surface area contributed by atoms with Crippen molar-refractivity contribution in [2.24, 2.45) is 0 Å². The van der Waals surface area contributed by atoms with Gasteiger partial charge in [0, 0.05) is 0 Å². The number of methoxy groups -OCH3 is 1. The minimum atomic E-state index is 0.368. The molecule has 0 aliphatic heterocycles. The van der Waals surface area contributed by atoms with Crippen molar-refractivity contribution >= 4 is 21.8 Å². The summed E-state index contributed by atoms with van der Waals surface area (Å²) in [5, 5.41) is 2.34. The molecule has 176 valence electrons. The second-order valence-electron chi connectivity index (χ2n) is 8.29. The normalized spacial score (nSPS) is 11.0. The predicted molar refractivity (Wildman–Crippen MR) is 140 cm³/mol. The van der Waals surface area contributed by atoms with Crippen LogP contribution in [0.1, 0.15) is 11.4 Å². The van der Waals surface area contributed by atoms with Crippen molar-refractivity contribution in [3.8, 4) is 17.2 Å². The number of allylic oxidation sites excluding steroid dienone is 1. The quantitative estimate of drug-likeness (QED) is 0.219. The lowest BCUT2D eigenvalue weighted by Crippen LogP contribution is -2.13. The zero-order valence-corrected chi connectivity index (χ0v) is 19.8. The SMILES string of the molecule is C=CCc1ccc(OCCn2c(COc3ccc4ccccc4c3)nc3ccccc32)c(OC)c1. The Morgan fingerprint density at radius 2 is 1.69 bits per heavy atom. The molecular formula is C30H28N2O3. The van der Waals surface area contributed by atoms with Gasteiger partial charge in [0.05, 0.1) is 24.7 Å². The fraction of sp³-hybridized carbons (Fsp3) is 0.167. The van der Waals surface area contributed by atoms with Crippen LogP contribution in [0.15, 0.2) is 97.6 Å². The Morgan fingerprint density at radius 3 is 2.54 bits per heavy atom. The summed E-state index contributed by atoms with van der Waals surface area (Å²) in [6.07, 6.45) is 2.67. The van der Waals surface area contributed by atoms with Crippen LogP contribution in [-0.2, 0) is 19.6 Å². The number of para-hydroxylation sites is 2. The molecule has 5 rings (SSSR count). The molecule has 0 amide bonds. The molecular weight excluding hydrogens is 436 g/mol. The number of nitrogens with zero attached hydrogens (tertiary/aromatic N) is 2. The number of benzene rings is 4. The number of fused-ring (bicyclic) bond motifs is 2. The van der Waals surface area contributed by atoms with Gasteiger partial charge in [-0.3, -0.25) is 0 Å². The van der Waals surface area contributed by atoms with Crippen LogP contribution in [0.5, 0.6) is 17.2 Å². The monoisotopic (exact) mass is 464 g/mol. The molecule has 0 bridgehead atoms. The largest absolute Gasteiger partial charge is 0.493 e. The highest BCUT2D eigenvalue weighted by Gasteiger charge is 2.12. The first-order valence-electron chi connectivity index (χ1n) is 11.7. The first-order valence-corrected chi connectivity index (χ1v) is 11.7. The van der Waals surface area contributed by atoms with E-state index in [1.165, 1.54) is 5.39 Å². The van der Waals surface area contributed by atoms with Crippen molar-refractivity contribution in [1.82, 2.24) is 9.55 Å². The molecule has 0 saturated carbocycles. The number of hydrogen-bond donors (Lipinski definition) is 0. The molecule has 0 aliphatic rings. The van der Waals surface area contributed by atoms with Crippen LogP contribution in [0.4, 0.5) is 0 Å². The van der Waals surface area contributed by atoms with E-state index in [4.69, 9.17) is 19.2 Å². The molecule has 0 radical (unpaired) electrons. The van der Waals surface area contributed by atoms with Crippen LogP contribution in [0.2, 0.25) is 0 Å². The molecule has 5 heteroatoms. The minimum Gasteiger partial charge on any atom is -0.493 e. The van der Waals surface area contributed by atoms with Crippen LogP contribution in [0.25, 0.3) is 21.8 Å². The third kappa shape index (κ3) is 4.99. The molecule has 0 N–H and O–H groups in total. The Balaban J connectivity index is 1.32. The van der Waals surface area contributed by atoms with Crippen molar-refractivity contribution in [3.63, 3.8) is 0 Å². The molecule has 5 nitrogen and oxygen atoms in total. The number of ether oxygens (including phenoxy) is 3. The van der Waals surface area contributed by atoms with Gasteiger partial charge in [0.1, 0.15) is 24.8 Å². The van der Waals surface area contributed by atoms with Gasteiger partial charge in [-0.05, 0) is 59.2 Å². The molecule has 0 atom stereocenters. The van der Waals surface area contributed by atoms with Gasteiger partial charge in [-0.2, -0.15) is 0 Å². The molecule has 0 fully saturated rings. The number of rotatable bonds is 10. The van der Waals surface area contributed by atoms with Gasteiger partial charge in [-0.15, -0.1) is 6.58 Å². The highest BCUT2D eigenvalue weighted by Crippen LogP contribution is 2.29. The van der Waals surface area contributed by atoms with E-state index in [0.29, 0.717) is 19.8 Å². The fourth-order valence-electron chi connectivity index (χ4n) is 4.26. The van der Waals surface area contributed by atoms with E-state index in [1.807, 2.05) is 60.7 Å². The van der Waals surface area contributed by atoms with Gasteiger partial charge in [-0.25, -0.2) is 4.98 Å². The Bertz CT molecular complexity index is 1470. The van der Waals surface area contributed by atoms with E-state index in [0.717, 1.165) is 51.5 Å². The summed E-state index contributed by atoms with van der Waals surface area (Å²) in [5.74, 6) is 3.12. The zero-order chi connectivity index (χ0) is 24.0. The maximum Gasteiger partial charge on any atom is 0.161 e. The van der Waals surface area contributed by atoms with Crippen LogP contribution >= 0.6 is 0 Å². The summed E-state index contributed by atoms with van der Waals surface area (Å²) in [4.78, 5) is 4.83. The van der Waals surface area contributed by atoms with Gasteiger partial charge in [-0.1, -0.05) is 54.6 Å². The van der Waals surface area contributed by atoms with E-state index < -0.39 is 0 Å². The summed E-state index contributed by atoms with van der Waals surface area (Å²) in [5.41, 5.74) is 3.13. The fourth-order valence-corrected chi connectivity index (χ4v) is 4.26. The van der Waals surface area contributed by atoms with Crippen molar-refractivity contribution < 1.29 is 14.2 Å². The summed E-state index contributed by atoms with van der Waals surface area (Å²) in [6.45, 7) is 5.28. The second kappa shape index (κ2) is 10.3. The van der Waals surface area contributed by atoms with Gasteiger partial charge in [0.15, 0.2) is 11.5 Å². The van der Waals surface area contributed by atoms with Crippen LogP contribution < -0.4 is 14.2 Å². The van der Waals surface area contributed by atoms with Crippen LogP contribution in [0.3, 0.4) is 0 Å². The van der Waals surface area contributed by atoms with Crippen LogP contribution in [0, 0.1) is 0 Å². The van der Waals surface area contributed by atoms with Gasteiger partial charge >= 0.3 is 0 Å². The lowest BCUT2D eigenvalue weighted by molar-refractivity contribution is 0.264. The molecule has 1 heterocycles. The number of imidazole rings is 1. The Morgan fingerprint density at radius 1 is 0.857 bits per heavy atom. The van der Waals surface area contributed by atoms with E-state index in [1.54, 1.807) is 7.11 Å². The van der Waals surface area contributed by atoms with Gasteiger partial charge in [0.2, 0.25) is 0 Å². The number of aromatic nitrogens is 2. The molecule has 1 aromatic heterocycles. The van der Waals surface area contributed by atoms with Crippen molar-refractivity contribution in [2.45, 2.75) is 19.6 Å². The third-order valence-corrected chi connectivity index (χ3v) is 6.00. The van der Waals surface area contributed by atoms with Gasteiger partial charge in [0.25, 0.3) is 0 Å². The summed E-state index contributed by atoms with van der Waals surface area (Å²) in [7, 11) is 1.66. The van der Waals surface area contributed by atoms with Crippen molar-refractivity contribution in [1.29, 1.82) is 0 Å². The first kappa shape index (κ1) is 22.5. The second-order valence-corrected chi connectivity index (χ2v) is 8.29. The highest BCUT2D eigenvalue weighted by molar-refractivity contribution is 5.83. The Labute approximate surface area is 205 Å². The predicted octanol–water partition coefficient (Wildman–Crippen LogP) is 6.58. The van der Waals surface area contributed by atoms with Gasteiger partial charge < -0.3 is 18.8 Å². The average molecular weight is 465 g/mol. The zero-order valence-electron chi connectivity index (χ0n) is 19.8. The summed E-state index contributed by atoms with van der Waals surface area (Å²) >= 11 is 0. The minimum absolute atomic E-state index is 0.368. The molecule has 35 heavy (non-hydrogen) atoms. The smallest absolute Gasteiger partial charge is 0.161 e. The Hall–Kier alpha value is -4.25. The van der Waals surface area contributed by atoms with E-state index >= 15 is 0 Å². The lowest BCUT2D eigenvalue weighted by atomic mass is 10.1. The lowest BCUT2D eigenvalue weighted by Gasteiger charge is -2.14. The number of hydrogen-bond acceptors (Lipinski definition) is 4. The highest BCUT2D eigenvalue weighted by atomic mass is 16.5. The molecule has 0 aliphatic carbocycles. The molecule has 0 saturated heterocycles. The average Bonchev–Trinajstić information content (AvgIpc) is 3.25. The molecule has 0 unspecified atom stereocenters.